The predicted molar refractivity (Wildman–Crippen MR) is 104 cm³/mol. The Morgan fingerprint density at radius 1 is 1.14 bits per heavy atom. The smallest absolute Gasteiger partial charge is 0.407 e. The Kier molecular flexibility index (Phi) is 5.85. The molecule has 0 bridgehead atoms. The van der Waals surface area contributed by atoms with Gasteiger partial charge in [-0.05, 0) is 5.56 Å². The van der Waals surface area contributed by atoms with Crippen molar-refractivity contribution in [3.8, 4) is 0 Å². The lowest BCUT2D eigenvalue weighted by Crippen LogP contribution is -2.38. The molecule has 152 valence electrons. The second-order valence-electron chi connectivity index (χ2n) is 6.91. The molecule has 1 fully saturated rings. The first-order chi connectivity index (χ1) is 14.2. The number of ether oxygens (including phenoxy) is 2. The monoisotopic (exact) mass is 397 g/mol. The standard InChI is InChI=1S/C20H23N5O4/c26-18(11-22-20(27)29-14-15-4-2-1-3-5-15)25-12-16-10-21-19(23-17(16)13-25)24-6-8-28-9-7-24/h1-5,10H,6-9,11-14H2,(H,22,27). The van der Waals surface area contributed by atoms with Gasteiger partial charge in [0.15, 0.2) is 0 Å². The van der Waals surface area contributed by atoms with Crippen molar-refractivity contribution in [2.24, 2.45) is 0 Å². The maximum atomic E-state index is 12.5. The van der Waals surface area contributed by atoms with Gasteiger partial charge in [-0.3, -0.25) is 4.79 Å². The highest BCUT2D eigenvalue weighted by molar-refractivity contribution is 5.82. The third kappa shape index (κ3) is 4.80. The van der Waals surface area contributed by atoms with Crippen molar-refractivity contribution >= 4 is 17.9 Å². The zero-order chi connectivity index (χ0) is 20.1. The van der Waals surface area contributed by atoms with Crippen LogP contribution in [0.4, 0.5) is 10.7 Å². The lowest BCUT2D eigenvalue weighted by atomic mass is 10.2. The van der Waals surface area contributed by atoms with Crippen LogP contribution in [-0.4, -0.2) is 59.7 Å². The Bertz CT molecular complexity index is 870. The number of rotatable bonds is 5. The van der Waals surface area contributed by atoms with Gasteiger partial charge in [-0.1, -0.05) is 30.3 Å². The number of amides is 2. The first-order valence-electron chi connectivity index (χ1n) is 9.59. The predicted octanol–water partition coefficient (Wildman–Crippen LogP) is 1.08. The molecule has 2 amide bonds. The zero-order valence-electron chi connectivity index (χ0n) is 16.0. The van der Waals surface area contributed by atoms with E-state index in [1.54, 1.807) is 11.1 Å². The summed E-state index contributed by atoms with van der Waals surface area (Å²) in [4.78, 5) is 37.1. The van der Waals surface area contributed by atoms with Gasteiger partial charge in [0.25, 0.3) is 0 Å². The van der Waals surface area contributed by atoms with Gasteiger partial charge in [0.1, 0.15) is 13.2 Å². The first-order valence-corrected chi connectivity index (χ1v) is 9.59. The number of aromatic nitrogens is 2. The van der Waals surface area contributed by atoms with Gasteiger partial charge in [0, 0.05) is 31.4 Å². The van der Waals surface area contributed by atoms with Crippen LogP contribution in [0.3, 0.4) is 0 Å². The number of carbonyl (C=O) groups is 2. The van der Waals surface area contributed by atoms with Gasteiger partial charge in [-0.25, -0.2) is 14.8 Å². The number of morpholine rings is 1. The van der Waals surface area contributed by atoms with Crippen molar-refractivity contribution < 1.29 is 19.1 Å². The van der Waals surface area contributed by atoms with E-state index in [1.807, 2.05) is 30.3 Å². The molecule has 0 unspecified atom stereocenters. The van der Waals surface area contributed by atoms with Gasteiger partial charge < -0.3 is 24.6 Å². The normalized spacial score (nSPS) is 15.7. The summed E-state index contributed by atoms with van der Waals surface area (Å²) in [7, 11) is 0. The summed E-state index contributed by atoms with van der Waals surface area (Å²) >= 11 is 0. The van der Waals surface area contributed by atoms with Crippen LogP contribution < -0.4 is 10.2 Å². The highest BCUT2D eigenvalue weighted by Gasteiger charge is 2.26. The van der Waals surface area contributed by atoms with Crippen LogP contribution in [0.15, 0.2) is 36.5 Å². The number of alkyl carbamates (subject to hydrolysis) is 1. The van der Waals surface area contributed by atoms with Gasteiger partial charge >= 0.3 is 6.09 Å². The summed E-state index contributed by atoms with van der Waals surface area (Å²) in [6.45, 7) is 3.75. The van der Waals surface area contributed by atoms with Crippen molar-refractivity contribution in [2.75, 3.05) is 37.7 Å². The highest BCUT2D eigenvalue weighted by atomic mass is 16.5. The number of carbonyl (C=O) groups excluding carboxylic acids is 2. The molecule has 4 rings (SSSR count). The molecule has 0 radical (unpaired) electrons. The largest absolute Gasteiger partial charge is 0.445 e. The molecule has 1 aromatic heterocycles. The van der Waals surface area contributed by atoms with Crippen molar-refractivity contribution in [1.82, 2.24) is 20.2 Å². The number of hydrogen-bond donors (Lipinski definition) is 1. The third-order valence-electron chi connectivity index (χ3n) is 4.89. The molecule has 3 heterocycles. The molecule has 0 saturated carbocycles. The Labute approximate surface area is 168 Å². The second-order valence-corrected chi connectivity index (χ2v) is 6.91. The maximum Gasteiger partial charge on any atom is 0.407 e. The van der Waals surface area contributed by atoms with Crippen molar-refractivity contribution in [1.29, 1.82) is 0 Å². The molecule has 9 heteroatoms. The number of anilines is 1. The van der Waals surface area contributed by atoms with Gasteiger partial charge in [-0.15, -0.1) is 0 Å². The van der Waals surface area contributed by atoms with Crippen molar-refractivity contribution in [2.45, 2.75) is 19.7 Å². The summed E-state index contributed by atoms with van der Waals surface area (Å²) < 4.78 is 10.5. The average molecular weight is 397 g/mol. The van der Waals surface area contributed by atoms with E-state index < -0.39 is 6.09 Å². The minimum Gasteiger partial charge on any atom is -0.445 e. The van der Waals surface area contributed by atoms with Crippen LogP contribution >= 0.6 is 0 Å². The molecule has 1 saturated heterocycles. The van der Waals surface area contributed by atoms with Crippen LogP contribution in [0.25, 0.3) is 0 Å². The SMILES string of the molecule is O=C(NCC(=O)N1Cc2cnc(N3CCOCC3)nc2C1)OCc1ccccc1. The molecule has 0 spiro atoms. The van der Waals surface area contributed by atoms with Crippen LogP contribution in [-0.2, 0) is 34.0 Å². The van der Waals surface area contributed by atoms with E-state index in [2.05, 4.69) is 20.2 Å². The molecule has 29 heavy (non-hydrogen) atoms. The Morgan fingerprint density at radius 3 is 2.72 bits per heavy atom. The van der Waals surface area contributed by atoms with E-state index in [9.17, 15) is 9.59 Å². The number of nitrogens with zero attached hydrogens (tertiary/aromatic N) is 4. The van der Waals surface area contributed by atoms with E-state index in [1.165, 1.54) is 0 Å². The number of fused-ring (bicyclic) bond motifs is 1. The zero-order valence-corrected chi connectivity index (χ0v) is 16.0. The van der Waals surface area contributed by atoms with Crippen LogP contribution in [0, 0.1) is 0 Å². The summed E-state index contributed by atoms with van der Waals surface area (Å²) in [6.07, 6.45) is 1.16. The lowest BCUT2D eigenvalue weighted by molar-refractivity contribution is -0.130. The quantitative estimate of drug-likeness (QED) is 0.806. The number of hydrogen-bond acceptors (Lipinski definition) is 7. The number of nitrogens with one attached hydrogen (secondary N) is 1. The van der Waals surface area contributed by atoms with Crippen molar-refractivity contribution in [3.05, 3.63) is 53.3 Å². The van der Waals surface area contributed by atoms with Crippen molar-refractivity contribution in [3.63, 3.8) is 0 Å². The highest BCUT2D eigenvalue weighted by Crippen LogP contribution is 2.22. The molecular formula is C20H23N5O4. The molecular weight excluding hydrogens is 374 g/mol. The lowest BCUT2D eigenvalue weighted by Gasteiger charge is -2.26. The molecule has 1 N–H and O–H groups in total. The third-order valence-corrected chi connectivity index (χ3v) is 4.89. The summed E-state index contributed by atoms with van der Waals surface area (Å²) in [5, 5.41) is 2.51. The van der Waals surface area contributed by atoms with Crippen LogP contribution in [0.2, 0.25) is 0 Å². The molecule has 0 atom stereocenters. The van der Waals surface area contributed by atoms with Crippen LogP contribution in [0.5, 0.6) is 0 Å². The van der Waals surface area contributed by atoms with E-state index >= 15 is 0 Å². The Balaban J connectivity index is 1.25. The summed E-state index contributed by atoms with van der Waals surface area (Å²) in [6, 6.07) is 9.37. The summed E-state index contributed by atoms with van der Waals surface area (Å²) in [5.74, 6) is 0.483. The fourth-order valence-electron chi connectivity index (χ4n) is 3.27. The maximum absolute atomic E-state index is 12.5. The Hall–Kier alpha value is -3.20. The molecule has 0 aliphatic carbocycles. The van der Waals surface area contributed by atoms with E-state index in [0.29, 0.717) is 32.3 Å². The van der Waals surface area contributed by atoms with E-state index in [-0.39, 0.29) is 19.1 Å². The van der Waals surface area contributed by atoms with Gasteiger partial charge in [0.2, 0.25) is 11.9 Å². The molecule has 2 aromatic rings. The van der Waals surface area contributed by atoms with Crippen LogP contribution in [0.1, 0.15) is 16.8 Å². The Morgan fingerprint density at radius 2 is 1.93 bits per heavy atom. The fraction of sp³-hybridized carbons (Fsp3) is 0.400. The molecule has 9 nitrogen and oxygen atoms in total. The van der Waals surface area contributed by atoms with Gasteiger partial charge in [-0.2, -0.15) is 0 Å². The minimum absolute atomic E-state index is 0.120. The fourth-order valence-corrected chi connectivity index (χ4v) is 3.27. The van der Waals surface area contributed by atoms with E-state index in [0.717, 1.165) is 29.9 Å². The van der Waals surface area contributed by atoms with Gasteiger partial charge in [0.05, 0.1) is 25.5 Å². The van der Waals surface area contributed by atoms with E-state index in [4.69, 9.17) is 9.47 Å². The minimum atomic E-state index is -0.617. The topological polar surface area (TPSA) is 96.9 Å². The average Bonchev–Trinajstić information content (AvgIpc) is 3.21. The first kappa shape index (κ1) is 19.1. The second kappa shape index (κ2) is 8.87. The molecule has 1 aromatic carbocycles. The summed E-state index contributed by atoms with van der Waals surface area (Å²) in [5.41, 5.74) is 2.67. The molecule has 2 aliphatic heterocycles. The molecule has 2 aliphatic rings. The number of benzene rings is 1.